The molecule has 0 atom stereocenters. The third-order valence-electron chi connectivity index (χ3n) is 4.06. The molecule has 0 aliphatic rings. The summed E-state index contributed by atoms with van der Waals surface area (Å²) in [6, 6.07) is 15.2. The van der Waals surface area contributed by atoms with E-state index in [0.29, 0.717) is 21.4 Å². The molecule has 0 saturated heterocycles. The highest BCUT2D eigenvalue weighted by Crippen LogP contribution is 2.30. The Kier molecular flexibility index (Phi) is 7.19. The lowest BCUT2D eigenvalue weighted by molar-refractivity contribution is -0.0101. The van der Waals surface area contributed by atoms with E-state index in [4.69, 9.17) is 37.4 Å². The molecular weight excluding hydrogens is 433 g/mol. The third-order valence-corrected chi connectivity index (χ3v) is 4.79. The van der Waals surface area contributed by atoms with Gasteiger partial charge in [0, 0.05) is 6.07 Å². The summed E-state index contributed by atoms with van der Waals surface area (Å²) in [5.74, 6) is -0.719. The topological polar surface area (TPSA) is 27.7 Å². The summed E-state index contributed by atoms with van der Waals surface area (Å²) in [4.78, 5) is 0. The van der Waals surface area contributed by atoms with E-state index in [2.05, 4.69) is 0 Å². The number of rotatable bonds is 8. The Hall–Kier alpha value is -2.34. The maximum Gasteiger partial charge on any atom is 0.165 e. The van der Waals surface area contributed by atoms with Crippen molar-refractivity contribution < 1.29 is 23.0 Å². The highest BCUT2D eigenvalue weighted by molar-refractivity contribution is 6.42. The minimum atomic E-state index is -0.649. The number of para-hydroxylation sites is 1. The van der Waals surface area contributed by atoms with Gasteiger partial charge >= 0.3 is 0 Å². The summed E-state index contributed by atoms with van der Waals surface area (Å²) in [7, 11) is 0. The molecule has 0 amide bonds. The summed E-state index contributed by atoms with van der Waals surface area (Å²) < 4.78 is 44.9. The van der Waals surface area contributed by atoms with Crippen LogP contribution in [0.4, 0.5) is 8.78 Å². The minimum Gasteiger partial charge on any atom is -0.485 e. The second-order valence-corrected chi connectivity index (χ2v) is 8.04. The summed E-state index contributed by atoms with van der Waals surface area (Å²) in [6.07, 6.45) is 0. The standard InChI is InChI=1S/C23H20Cl2F2O3/c1-23(2,30-16-8-9-17(24)18(25)12-16)14-28-13-15-7-10-20(27)22(11-15)29-21-6-4-3-5-19(21)26/h3-12H,13-14H2,1-2H3. The molecule has 7 heteroatoms. The largest absolute Gasteiger partial charge is 0.485 e. The van der Waals surface area contributed by atoms with E-state index in [1.807, 2.05) is 13.8 Å². The predicted molar refractivity (Wildman–Crippen MR) is 114 cm³/mol. The number of benzene rings is 3. The second kappa shape index (κ2) is 9.65. The van der Waals surface area contributed by atoms with E-state index in [9.17, 15) is 8.78 Å². The number of ether oxygens (including phenoxy) is 3. The molecule has 30 heavy (non-hydrogen) atoms. The first kappa shape index (κ1) is 22.3. The van der Waals surface area contributed by atoms with Crippen molar-refractivity contribution >= 4 is 23.2 Å². The molecule has 0 aliphatic heterocycles. The Balaban J connectivity index is 1.60. The fourth-order valence-electron chi connectivity index (χ4n) is 2.67. The molecule has 0 N–H and O–H groups in total. The molecule has 0 aromatic heterocycles. The van der Waals surface area contributed by atoms with Crippen LogP contribution in [0.3, 0.4) is 0 Å². The Morgan fingerprint density at radius 1 is 0.833 bits per heavy atom. The quantitative estimate of drug-likeness (QED) is 0.355. The van der Waals surface area contributed by atoms with Gasteiger partial charge in [0.2, 0.25) is 0 Å². The zero-order chi connectivity index (χ0) is 21.7. The summed E-state index contributed by atoms with van der Waals surface area (Å²) in [5, 5.41) is 0.849. The van der Waals surface area contributed by atoms with Crippen molar-refractivity contribution in [2.75, 3.05) is 6.61 Å². The highest BCUT2D eigenvalue weighted by atomic mass is 35.5. The lowest BCUT2D eigenvalue weighted by Crippen LogP contribution is -2.34. The van der Waals surface area contributed by atoms with Crippen molar-refractivity contribution in [3.63, 3.8) is 0 Å². The van der Waals surface area contributed by atoms with Crippen LogP contribution in [-0.4, -0.2) is 12.2 Å². The maximum atomic E-state index is 14.1. The van der Waals surface area contributed by atoms with Gasteiger partial charge in [0.05, 0.1) is 23.3 Å². The van der Waals surface area contributed by atoms with Crippen LogP contribution in [0.15, 0.2) is 60.7 Å². The van der Waals surface area contributed by atoms with Crippen LogP contribution in [0.1, 0.15) is 19.4 Å². The minimum absolute atomic E-state index is 0.0503. The molecule has 0 fully saturated rings. The summed E-state index contributed by atoms with van der Waals surface area (Å²) in [5.41, 5.74) is 0.0250. The van der Waals surface area contributed by atoms with E-state index in [1.165, 1.54) is 30.3 Å². The molecule has 0 aliphatic carbocycles. The van der Waals surface area contributed by atoms with Gasteiger partial charge in [0.25, 0.3) is 0 Å². The average Bonchev–Trinajstić information content (AvgIpc) is 2.68. The fourth-order valence-corrected chi connectivity index (χ4v) is 2.95. The van der Waals surface area contributed by atoms with Crippen molar-refractivity contribution in [2.24, 2.45) is 0 Å². The lowest BCUT2D eigenvalue weighted by Gasteiger charge is -2.26. The zero-order valence-electron chi connectivity index (χ0n) is 16.4. The molecule has 3 aromatic rings. The molecule has 0 bridgehead atoms. The van der Waals surface area contributed by atoms with Crippen LogP contribution >= 0.6 is 23.2 Å². The van der Waals surface area contributed by atoms with Crippen molar-refractivity contribution in [2.45, 2.75) is 26.1 Å². The molecule has 0 unspecified atom stereocenters. The van der Waals surface area contributed by atoms with Gasteiger partial charge in [-0.1, -0.05) is 41.4 Å². The number of halogens is 4. The summed E-state index contributed by atoms with van der Waals surface area (Å²) >= 11 is 11.9. The van der Waals surface area contributed by atoms with Crippen LogP contribution in [-0.2, 0) is 11.3 Å². The first-order chi connectivity index (χ1) is 14.2. The first-order valence-electron chi connectivity index (χ1n) is 9.16. The van der Waals surface area contributed by atoms with Crippen molar-refractivity contribution in [3.8, 4) is 17.2 Å². The second-order valence-electron chi connectivity index (χ2n) is 7.23. The normalized spacial score (nSPS) is 11.4. The van der Waals surface area contributed by atoms with E-state index in [1.54, 1.807) is 30.3 Å². The van der Waals surface area contributed by atoms with Gasteiger partial charge in [0.15, 0.2) is 23.1 Å². The zero-order valence-corrected chi connectivity index (χ0v) is 17.9. The molecule has 158 valence electrons. The monoisotopic (exact) mass is 452 g/mol. The van der Waals surface area contributed by atoms with Gasteiger partial charge in [0.1, 0.15) is 11.4 Å². The van der Waals surface area contributed by atoms with Crippen molar-refractivity contribution in [1.82, 2.24) is 0 Å². The molecular formula is C23H20Cl2F2O3. The van der Waals surface area contributed by atoms with Crippen molar-refractivity contribution in [3.05, 3.63) is 87.9 Å². The van der Waals surface area contributed by atoms with Gasteiger partial charge in [-0.15, -0.1) is 0 Å². The van der Waals surface area contributed by atoms with Gasteiger partial charge < -0.3 is 14.2 Å². The van der Waals surface area contributed by atoms with Gasteiger partial charge in [-0.25, -0.2) is 8.78 Å². The highest BCUT2D eigenvalue weighted by Gasteiger charge is 2.21. The van der Waals surface area contributed by atoms with E-state index in [0.717, 1.165) is 0 Å². The smallest absolute Gasteiger partial charge is 0.165 e. The Labute approximate surface area is 184 Å². The van der Waals surface area contributed by atoms with Crippen molar-refractivity contribution in [1.29, 1.82) is 0 Å². The Bertz CT molecular complexity index is 1030. The van der Waals surface area contributed by atoms with Gasteiger partial charge in [-0.3, -0.25) is 0 Å². The molecule has 3 nitrogen and oxygen atoms in total. The molecule has 0 spiro atoms. The molecule has 0 heterocycles. The summed E-state index contributed by atoms with van der Waals surface area (Å²) in [6.45, 7) is 4.19. The Morgan fingerprint density at radius 2 is 1.57 bits per heavy atom. The van der Waals surface area contributed by atoms with Crippen LogP contribution < -0.4 is 9.47 Å². The number of hydrogen-bond donors (Lipinski definition) is 0. The van der Waals surface area contributed by atoms with E-state index < -0.39 is 17.2 Å². The SMILES string of the molecule is CC(C)(COCc1ccc(F)c(Oc2ccccc2F)c1)Oc1ccc(Cl)c(Cl)c1. The Morgan fingerprint density at radius 3 is 2.30 bits per heavy atom. The molecule has 0 radical (unpaired) electrons. The van der Waals surface area contributed by atoms with Crippen LogP contribution in [0.25, 0.3) is 0 Å². The molecule has 0 saturated carbocycles. The van der Waals surface area contributed by atoms with Gasteiger partial charge in [-0.2, -0.15) is 0 Å². The maximum absolute atomic E-state index is 14.1. The van der Waals surface area contributed by atoms with Gasteiger partial charge in [-0.05, 0) is 55.8 Å². The first-order valence-corrected chi connectivity index (χ1v) is 9.92. The fraction of sp³-hybridized carbons (Fsp3) is 0.217. The van der Waals surface area contributed by atoms with E-state index in [-0.39, 0.29) is 24.7 Å². The van der Waals surface area contributed by atoms with Crippen LogP contribution in [0.2, 0.25) is 10.0 Å². The molecule has 3 aromatic carbocycles. The third kappa shape index (κ3) is 6.08. The predicted octanol–water partition coefficient (Wildman–Crippen LogP) is 7.44. The molecule has 3 rings (SSSR count). The van der Waals surface area contributed by atoms with Crippen LogP contribution in [0, 0.1) is 11.6 Å². The van der Waals surface area contributed by atoms with Crippen LogP contribution in [0.5, 0.6) is 17.2 Å². The number of hydrogen-bond acceptors (Lipinski definition) is 3. The average molecular weight is 453 g/mol. The lowest BCUT2D eigenvalue weighted by atomic mass is 10.1. The van der Waals surface area contributed by atoms with E-state index >= 15 is 0 Å².